The topological polar surface area (TPSA) is 35.2 Å². The second-order valence-electron chi connectivity index (χ2n) is 5.29. The minimum atomic E-state index is -4.08. The second kappa shape index (κ2) is 5.51. The molecule has 1 saturated carbocycles. The zero-order valence-electron chi connectivity index (χ0n) is 10.4. The first-order valence-corrected chi connectivity index (χ1v) is 6.63. The van der Waals surface area contributed by atoms with Gasteiger partial charge in [0.05, 0.1) is 18.6 Å². The van der Waals surface area contributed by atoms with Crippen molar-refractivity contribution in [1.82, 2.24) is 0 Å². The van der Waals surface area contributed by atoms with Gasteiger partial charge in [0.1, 0.15) is 5.76 Å². The number of alkyl halides is 3. The molecule has 0 aromatic carbocycles. The van der Waals surface area contributed by atoms with Crippen molar-refractivity contribution in [3.05, 3.63) is 11.8 Å². The smallest absolute Gasteiger partial charge is 0.391 e. The van der Waals surface area contributed by atoms with Gasteiger partial charge < -0.3 is 10.5 Å². The van der Waals surface area contributed by atoms with E-state index in [0.29, 0.717) is 18.8 Å². The molecule has 0 saturated heterocycles. The van der Waals surface area contributed by atoms with E-state index >= 15 is 0 Å². The van der Waals surface area contributed by atoms with Crippen LogP contribution < -0.4 is 5.73 Å². The highest BCUT2D eigenvalue weighted by Crippen LogP contribution is 2.41. The van der Waals surface area contributed by atoms with Crippen LogP contribution in [0.2, 0.25) is 0 Å². The van der Waals surface area contributed by atoms with Crippen LogP contribution in [0, 0.1) is 11.8 Å². The summed E-state index contributed by atoms with van der Waals surface area (Å²) in [7, 11) is 0. The van der Waals surface area contributed by atoms with Crippen LogP contribution in [-0.4, -0.2) is 18.8 Å². The zero-order valence-corrected chi connectivity index (χ0v) is 10.4. The van der Waals surface area contributed by atoms with Crippen molar-refractivity contribution in [1.29, 1.82) is 0 Å². The zero-order chi connectivity index (χ0) is 13.2. The Morgan fingerprint density at radius 2 is 2.06 bits per heavy atom. The van der Waals surface area contributed by atoms with E-state index in [2.05, 4.69) is 0 Å². The highest BCUT2D eigenvalue weighted by molar-refractivity contribution is 5.07. The van der Waals surface area contributed by atoms with E-state index in [0.717, 1.165) is 19.3 Å². The molecule has 2 rings (SSSR count). The summed E-state index contributed by atoms with van der Waals surface area (Å²) in [6.07, 6.45) is 1.50. The Morgan fingerprint density at radius 1 is 1.28 bits per heavy atom. The predicted octanol–water partition coefficient (Wildman–Crippen LogP) is 3.38. The molecule has 0 spiro atoms. The Labute approximate surface area is 105 Å². The number of halogens is 3. The van der Waals surface area contributed by atoms with E-state index in [1.165, 1.54) is 0 Å². The van der Waals surface area contributed by atoms with Crippen molar-refractivity contribution in [2.24, 2.45) is 17.6 Å². The van der Waals surface area contributed by atoms with E-state index < -0.39 is 12.1 Å². The van der Waals surface area contributed by atoms with Crippen molar-refractivity contribution in [3.63, 3.8) is 0 Å². The fourth-order valence-electron chi connectivity index (χ4n) is 2.89. The van der Waals surface area contributed by atoms with Gasteiger partial charge in [-0.3, -0.25) is 0 Å². The standard InChI is InChI=1S/C13H20F3NO/c14-13(15,16)10-5-3-4-9(8-10)12(17)11-6-1-2-7-18-11/h6,9-10,12H,1-5,7-8,17H2. The van der Waals surface area contributed by atoms with E-state index in [1.54, 1.807) is 0 Å². The van der Waals surface area contributed by atoms with Crippen molar-refractivity contribution in [3.8, 4) is 0 Å². The largest absolute Gasteiger partial charge is 0.497 e. The Morgan fingerprint density at radius 3 is 2.67 bits per heavy atom. The second-order valence-corrected chi connectivity index (χ2v) is 5.29. The molecule has 2 nitrogen and oxygen atoms in total. The fourth-order valence-corrected chi connectivity index (χ4v) is 2.89. The maximum atomic E-state index is 12.7. The Hall–Kier alpha value is -0.710. The van der Waals surface area contributed by atoms with Gasteiger partial charge in [-0.1, -0.05) is 6.42 Å². The SMILES string of the molecule is NC(C1=CCCCO1)C1CCCC(C(F)(F)F)C1. The molecule has 18 heavy (non-hydrogen) atoms. The molecule has 0 aromatic heterocycles. The number of hydrogen-bond acceptors (Lipinski definition) is 2. The molecule has 1 fully saturated rings. The lowest BCUT2D eigenvalue weighted by Gasteiger charge is -2.35. The fraction of sp³-hybridized carbons (Fsp3) is 0.846. The first-order chi connectivity index (χ1) is 8.48. The minimum Gasteiger partial charge on any atom is -0.497 e. The normalized spacial score (nSPS) is 31.4. The Balaban J connectivity index is 1.98. The first-order valence-electron chi connectivity index (χ1n) is 6.63. The van der Waals surface area contributed by atoms with Gasteiger partial charge >= 0.3 is 6.18 Å². The van der Waals surface area contributed by atoms with Crippen molar-refractivity contribution in [2.45, 2.75) is 50.7 Å². The lowest BCUT2D eigenvalue weighted by atomic mass is 9.77. The minimum absolute atomic E-state index is 0.102. The third-order valence-corrected chi connectivity index (χ3v) is 3.98. The molecule has 1 aliphatic heterocycles. The summed E-state index contributed by atoms with van der Waals surface area (Å²) in [6.45, 7) is 0.634. The highest BCUT2D eigenvalue weighted by atomic mass is 19.4. The molecule has 0 bridgehead atoms. The maximum absolute atomic E-state index is 12.7. The average molecular weight is 263 g/mol. The molecular formula is C13H20F3NO. The third kappa shape index (κ3) is 3.19. The molecule has 104 valence electrons. The van der Waals surface area contributed by atoms with E-state index in [1.807, 2.05) is 6.08 Å². The van der Waals surface area contributed by atoms with E-state index in [9.17, 15) is 13.2 Å². The molecule has 2 N–H and O–H groups in total. The molecule has 1 aliphatic carbocycles. The molecule has 2 aliphatic rings. The third-order valence-electron chi connectivity index (χ3n) is 3.98. The van der Waals surface area contributed by atoms with Crippen LogP contribution in [-0.2, 0) is 4.74 Å². The average Bonchev–Trinajstić information content (AvgIpc) is 2.38. The van der Waals surface area contributed by atoms with Gasteiger partial charge in [0, 0.05) is 0 Å². The summed E-state index contributed by atoms with van der Waals surface area (Å²) < 4.78 is 43.7. The number of allylic oxidation sites excluding steroid dienone is 1. The van der Waals surface area contributed by atoms with Crippen LogP contribution in [0.25, 0.3) is 0 Å². The van der Waals surface area contributed by atoms with Gasteiger partial charge in [0.25, 0.3) is 0 Å². The van der Waals surface area contributed by atoms with Crippen molar-refractivity contribution in [2.75, 3.05) is 6.61 Å². The summed E-state index contributed by atoms with van der Waals surface area (Å²) in [4.78, 5) is 0. The maximum Gasteiger partial charge on any atom is 0.391 e. The number of hydrogen-bond donors (Lipinski definition) is 1. The molecule has 5 heteroatoms. The van der Waals surface area contributed by atoms with Crippen molar-refractivity contribution < 1.29 is 17.9 Å². The van der Waals surface area contributed by atoms with Gasteiger partial charge in [-0.15, -0.1) is 0 Å². The summed E-state index contributed by atoms with van der Waals surface area (Å²) in [5.41, 5.74) is 6.07. The quantitative estimate of drug-likeness (QED) is 0.829. The summed E-state index contributed by atoms with van der Waals surface area (Å²) in [5, 5.41) is 0. The molecule has 3 atom stereocenters. The van der Waals surface area contributed by atoms with Crippen LogP contribution >= 0.6 is 0 Å². The highest BCUT2D eigenvalue weighted by Gasteiger charge is 2.43. The molecular weight excluding hydrogens is 243 g/mol. The van der Waals surface area contributed by atoms with E-state index in [4.69, 9.17) is 10.5 Å². The van der Waals surface area contributed by atoms with Gasteiger partial charge in [-0.05, 0) is 44.1 Å². The van der Waals surface area contributed by atoms with Crippen LogP contribution in [0.5, 0.6) is 0 Å². The molecule has 1 heterocycles. The first kappa shape index (κ1) is 13.7. The summed E-state index contributed by atoms with van der Waals surface area (Å²) in [5.74, 6) is -0.588. The van der Waals surface area contributed by atoms with Gasteiger partial charge in [0.2, 0.25) is 0 Å². The summed E-state index contributed by atoms with van der Waals surface area (Å²) >= 11 is 0. The van der Waals surface area contributed by atoms with Crippen LogP contribution in [0.4, 0.5) is 13.2 Å². The van der Waals surface area contributed by atoms with Crippen molar-refractivity contribution >= 4 is 0 Å². The number of ether oxygens (including phenoxy) is 1. The van der Waals surface area contributed by atoms with Crippen LogP contribution in [0.15, 0.2) is 11.8 Å². The number of nitrogens with two attached hydrogens (primary N) is 1. The number of rotatable bonds is 2. The van der Waals surface area contributed by atoms with Gasteiger partial charge in [0.15, 0.2) is 0 Å². The van der Waals surface area contributed by atoms with Crippen LogP contribution in [0.1, 0.15) is 38.5 Å². The van der Waals surface area contributed by atoms with E-state index in [-0.39, 0.29) is 24.8 Å². The Bertz CT molecular complexity index is 314. The predicted molar refractivity (Wildman–Crippen MR) is 62.7 cm³/mol. The van der Waals surface area contributed by atoms with Gasteiger partial charge in [-0.25, -0.2) is 0 Å². The van der Waals surface area contributed by atoms with Gasteiger partial charge in [-0.2, -0.15) is 13.2 Å². The molecule has 3 unspecified atom stereocenters. The summed E-state index contributed by atoms with van der Waals surface area (Å²) in [6, 6.07) is -0.365. The van der Waals surface area contributed by atoms with Crippen LogP contribution in [0.3, 0.4) is 0 Å². The molecule has 0 radical (unpaired) electrons. The lowest BCUT2D eigenvalue weighted by molar-refractivity contribution is -0.186. The molecule has 0 amide bonds. The molecule has 0 aromatic rings. The monoisotopic (exact) mass is 263 g/mol. The lowest BCUT2D eigenvalue weighted by Crippen LogP contribution is -2.39. The Kier molecular flexibility index (Phi) is 4.20.